The molecular weight excluding hydrogens is 466 g/mol. The Labute approximate surface area is 209 Å². The highest BCUT2D eigenvalue weighted by Crippen LogP contribution is 2.34. The molecule has 9 heteroatoms. The van der Waals surface area contributed by atoms with Gasteiger partial charge in [0.05, 0.1) is 41.7 Å². The number of carbonyl (C=O) groups is 2. The molecule has 3 aromatic rings. The van der Waals surface area contributed by atoms with Gasteiger partial charge in [-0.15, -0.1) is 0 Å². The van der Waals surface area contributed by atoms with Crippen LogP contribution in [0.15, 0.2) is 30.6 Å². The van der Waals surface area contributed by atoms with Crippen molar-refractivity contribution in [3.63, 3.8) is 0 Å². The molecule has 0 saturated carbocycles. The van der Waals surface area contributed by atoms with Crippen molar-refractivity contribution in [3.05, 3.63) is 35.6 Å². The van der Waals surface area contributed by atoms with Gasteiger partial charge in [-0.1, -0.05) is 25.4 Å². The number of fused-ring (bicyclic) bond motifs is 3. The molecule has 0 radical (unpaired) electrons. The Morgan fingerprint density at radius 3 is 2.77 bits per heavy atom. The van der Waals surface area contributed by atoms with Crippen LogP contribution in [0.5, 0.6) is 0 Å². The van der Waals surface area contributed by atoms with Crippen molar-refractivity contribution in [2.75, 3.05) is 38.1 Å². The molecule has 1 atom stereocenters. The summed E-state index contributed by atoms with van der Waals surface area (Å²) in [4.78, 5) is 38.1. The number of likely N-dealkylation sites (tertiary alicyclic amines) is 1. The molecule has 8 nitrogen and oxygen atoms in total. The number of rotatable bonds is 4. The smallest absolute Gasteiger partial charge is 0.244 e. The fourth-order valence-electron chi connectivity index (χ4n) is 5.19. The topological polar surface area (TPSA) is 90.6 Å². The lowest BCUT2D eigenvalue weighted by atomic mass is 9.93. The molecule has 35 heavy (non-hydrogen) atoms. The first-order chi connectivity index (χ1) is 16.5. The molecule has 0 unspecified atom stereocenters. The lowest BCUT2D eigenvalue weighted by Gasteiger charge is -2.43. The monoisotopic (exact) mass is 497 g/mol. The molecular formula is C26H32ClN5O3. The second kappa shape index (κ2) is 8.76. The van der Waals surface area contributed by atoms with Gasteiger partial charge in [-0.05, 0) is 43.9 Å². The average molecular weight is 498 g/mol. The molecule has 2 amide bonds. The first kappa shape index (κ1) is 24.0. The van der Waals surface area contributed by atoms with Crippen LogP contribution < -0.4 is 5.32 Å². The normalized spacial score (nSPS) is 22.1. The number of morpholine rings is 1. The van der Waals surface area contributed by atoms with E-state index in [4.69, 9.17) is 16.3 Å². The quantitative estimate of drug-likeness (QED) is 0.567. The number of hydrogen-bond donors (Lipinski definition) is 2. The SMILES string of the molecule is CC1(C)CCN(C(=O)CN2CC(C)(C)OC[C@H]2C(=O)Nc2cc(Cl)cc3c2[nH]c2cnccc23)C1. The minimum absolute atomic E-state index is 0.0549. The van der Waals surface area contributed by atoms with Crippen molar-refractivity contribution in [2.45, 2.75) is 45.8 Å². The number of ether oxygens (including phenoxy) is 1. The third-order valence-corrected chi connectivity index (χ3v) is 7.28. The van der Waals surface area contributed by atoms with Crippen molar-refractivity contribution in [1.29, 1.82) is 0 Å². The van der Waals surface area contributed by atoms with E-state index in [1.807, 2.05) is 35.8 Å². The molecule has 0 spiro atoms. The predicted molar refractivity (Wildman–Crippen MR) is 138 cm³/mol. The van der Waals surface area contributed by atoms with Gasteiger partial charge in [0.1, 0.15) is 6.04 Å². The Morgan fingerprint density at radius 2 is 2.03 bits per heavy atom. The van der Waals surface area contributed by atoms with Gasteiger partial charge in [0.15, 0.2) is 0 Å². The molecule has 2 aliphatic heterocycles. The summed E-state index contributed by atoms with van der Waals surface area (Å²) >= 11 is 6.41. The number of aromatic nitrogens is 2. The van der Waals surface area contributed by atoms with E-state index in [-0.39, 0.29) is 30.4 Å². The van der Waals surface area contributed by atoms with E-state index >= 15 is 0 Å². The number of halogens is 1. The molecule has 1 aromatic carbocycles. The first-order valence-corrected chi connectivity index (χ1v) is 12.4. The van der Waals surface area contributed by atoms with Crippen molar-refractivity contribution in [2.24, 2.45) is 5.41 Å². The zero-order valence-corrected chi connectivity index (χ0v) is 21.4. The molecule has 5 rings (SSSR count). The third kappa shape index (κ3) is 4.87. The van der Waals surface area contributed by atoms with Crippen LogP contribution in [-0.4, -0.2) is 76.0 Å². The maximum Gasteiger partial charge on any atom is 0.244 e. The Kier molecular flexibility index (Phi) is 6.02. The number of carbonyl (C=O) groups excluding carboxylic acids is 2. The first-order valence-electron chi connectivity index (χ1n) is 12.0. The second-order valence-corrected chi connectivity index (χ2v) is 11.6. The van der Waals surface area contributed by atoms with Crippen LogP contribution >= 0.6 is 11.6 Å². The van der Waals surface area contributed by atoms with Crippen LogP contribution in [-0.2, 0) is 14.3 Å². The molecule has 2 N–H and O–H groups in total. The number of anilines is 1. The Balaban J connectivity index is 1.39. The number of hydrogen-bond acceptors (Lipinski definition) is 5. The van der Waals surface area contributed by atoms with Crippen LogP contribution in [0.2, 0.25) is 5.02 Å². The fourth-order valence-corrected chi connectivity index (χ4v) is 5.41. The van der Waals surface area contributed by atoms with Gasteiger partial charge in [0, 0.05) is 41.6 Å². The number of aromatic amines is 1. The van der Waals surface area contributed by atoms with Crippen molar-refractivity contribution in [1.82, 2.24) is 19.8 Å². The number of pyridine rings is 1. The molecule has 4 heterocycles. The Hall–Kier alpha value is -2.68. The summed E-state index contributed by atoms with van der Waals surface area (Å²) in [7, 11) is 0. The minimum atomic E-state index is -0.595. The Morgan fingerprint density at radius 1 is 1.23 bits per heavy atom. The number of benzene rings is 1. The fraction of sp³-hybridized carbons (Fsp3) is 0.500. The van der Waals surface area contributed by atoms with Gasteiger partial charge in [0.2, 0.25) is 11.8 Å². The standard InChI is InChI=1S/C26H32ClN5O3/c1-25(2)6-8-31(14-25)22(33)12-32-15-26(3,4)35-13-21(32)24(34)30-19-10-16(27)9-18-17-5-7-28-11-20(17)29-23(18)19/h5,7,9-11,21,29H,6,8,12-15H2,1-4H3,(H,30,34)/t21-/m0/s1. The summed E-state index contributed by atoms with van der Waals surface area (Å²) in [5.41, 5.74) is 1.91. The summed E-state index contributed by atoms with van der Waals surface area (Å²) in [5, 5.41) is 5.47. The maximum absolute atomic E-state index is 13.5. The summed E-state index contributed by atoms with van der Waals surface area (Å²) in [6.45, 7) is 10.7. The molecule has 2 aromatic heterocycles. The van der Waals surface area contributed by atoms with Gasteiger partial charge in [-0.25, -0.2) is 0 Å². The van der Waals surface area contributed by atoms with Crippen molar-refractivity contribution < 1.29 is 14.3 Å². The van der Waals surface area contributed by atoms with Crippen molar-refractivity contribution in [3.8, 4) is 0 Å². The van der Waals surface area contributed by atoms with E-state index in [0.717, 1.165) is 41.3 Å². The minimum Gasteiger partial charge on any atom is -0.372 e. The highest BCUT2D eigenvalue weighted by Gasteiger charge is 2.40. The molecule has 0 aliphatic carbocycles. The lowest BCUT2D eigenvalue weighted by Crippen LogP contribution is -2.60. The van der Waals surface area contributed by atoms with E-state index in [2.05, 4.69) is 29.1 Å². The van der Waals surface area contributed by atoms with Crippen LogP contribution in [0.1, 0.15) is 34.1 Å². The van der Waals surface area contributed by atoms with Gasteiger partial charge < -0.3 is 19.9 Å². The Bertz CT molecular complexity index is 1300. The highest BCUT2D eigenvalue weighted by molar-refractivity contribution is 6.33. The highest BCUT2D eigenvalue weighted by atomic mass is 35.5. The summed E-state index contributed by atoms with van der Waals surface area (Å²) in [6, 6.07) is 4.93. The molecule has 2 saturated heterocycles. The van der Waals surface area contributed by atoms with E-state index in [1.54, 1.807) is 18.5 Å². The van der Waals surface area contributed by atoms with E-state index in [9.17, 15) is 9.59 Å². The zero-order chi connectivity index (χ0) is 25.0. The van der Waals surface area contributed by atoms with Crippen LogP contribution in [0.3, 0.4) is 0 Å². The number of nitrogens with one attached hydrogen (secondary N) is 2. The van der Waals surface area contributed by atoms with Gasteiger partial charge in [-0.2, -0.15) is 0 Å². The number of H-pyrrole nitrogens is 1. The number of nitrogens with zero attached hydrogens (tertiary/aromatic N) is 3. The average Bonchev–Trinajstić information content (AvgIpc) is 3.33. The van der Waals surface area contributed by atoms with E-state index < -0.39 is 11.6 Å². The molecule has 0 bridgehead atoms. The number of amides is 2. The maximum atomic E-state index is 13.5. The van der Waals surface area contributed by atoms with E-state index in [1.165, 1.54) is 0 Å². The summed E-state index contributed by atoms with van der Waals surface area (Å²) in [6.07, 6.45) is 4.47. The van der Waals surface area contributed by atoms with E-state index in [0.29, 0.717) is 17.3 Å². The van der Waals surface area contributed by atoms with Gasteiger partial charge in [-0.3, -0.25) is 19.5 Å². The second-order valence-electron chi connectivity index (χ2n) is 11.1. The third-order valence-electron chi connectivity index (χ3n) is 7.06. The summed E-state index contributed by atoms with van der Waals surface area (Å²) in [5.74, 6) is -0.172. The van der Waals surface area contributed by atoms with Gasteiger partial charge in [0.25, 0.3) is 0 Å². The lowest BCUT2D eigenvalue weighted by molar-refractivity contribution is -0.150. The van der Waals surface area contributed by atoms with Crippen LogP contribution in [0, 0.1) is 5.41 Å². The van der Waals surface area contributed by atoms with Crippen LogP contribution in [0.25, 0.3) is 21.8 Å². The predicted octanol–water partition coefficient (Wildman–Crippen LogP) is 4.05. The summed E-state index contributed by atoms with van der Waals surface area (Å²) < 4.78 is 6.00. The van der Waals surface area contributed by atoms with Gasteiger partial charge >= 0.3 is 0 Å². The molecule has 2 fully saturated rings. The zero-order valence-electron chi connectivity index (χ0n) is 20.7. The molecule has 186 valence electrons. The molecule has 2 aliphatic rings. The van der Waals surface area contributed by atoms with Crippen molar-refractivity contribution >= 4 is 50.9 Å². The largest absolute Gasteiger partial charge is 0.372 e. The van der Waals surface area contributed by atoms with Crippen LogP contribution in [0.4, 0.5) is 5.69 Å².